The summed E-state index contributed by atoms with van der Waals surface area (Å²) in [5, 5.41) is 3.75. The zero-order valence-electron chi connectivity index (χ0n) is 24.1. The predicted octanol–water partition coefficient (Wildman–Crippen LogP) is 5.06. The summed E-state index contributed by atoms with van der Waals surface area (Å²) in [6.07, 6.45) is 2.17. The summed E-state index contributed by atoms with van der Waals surface area (Å²) < 4.78 is 40.0. The molecule has 1 atom stereocenters. The van der Waals surface area contributed by atoms with E-state index >= 15 is 0 Å². The number of pyridine rings is 1. The normalized spacial score (nSPS) is 18.4. The highest BCUT2D eigenvalue weighted by atomic mass is 32.2. The van der Waals surface area contributed by atoms with Crippen molar-refractivity contribution in [3.8, 4) is 5.88 Å². The number of nitrogens with zero attached hydrogens (tertiary/aromatic N) is 1. The van der Waals surface area contributed by atoms with Crippen LogP contribution in [0.3, 0.4) is 0 Å². The van der Waals surface area contributed by atoms with Crippen LogP contribution in [0.2, 0.25) is 0 Å². The third-order valence-electron chi connectivity index (χ3n) is 6.97. The van der Waals surface area contributed by atoms with Gasteiger partial charge < -0.3 is 14.8 Å². The summed E-state index contributed by atoms with van der Waals surface area (Å²) in [7, 11) is -3.75. The molecule has 1 aliphatic carbocycles. The van der Waals surface area contributed by atoms with Crippen LogP contribution in [0, 0.1) is 5.92 Å². The zero-order valence-corrected chi connectivity index (χ0v) is 24.9. The third kappa shape index (κ3) is 8.50. The van der Waals surface area contributed by atoms with Crippen LogP contribution >= 0.6 is 0 Å². The summed E-state index contributed by atoms with van der Waals surface area (Å²) >= 11 is 0. The Hall–Kier alpha value is -3.50. The van der Waals surface area contributed by atoms with Gasteiger partial charge in [-0.15, -0.1) is 0 Å². The van der Waals surface area contributed by atoms with Crippen LogP contribution in [0.25, 0.3) is 10.9 Å². The lowest BCUT2D eigenvalue weighted by atomic mass is 9.85. The summed E-state index contributed by atoms with van der Waals surface area (Å²) in [6, 6.07) is 16.9. The summed E-state index contributed by atoms with van der Waals surface area (Å²) in [4.78, 5) is 30.4. The van der Waals surface area contributed by atoms with Crippen molar-refractivity contribution in [1.29, 1.82) is 0 Å². The maximum atomic E-state index is 13.2. The van der Waals surface area contributed by atoms with Gasteiger partial charge in [-0.3, -0.25) is 9.59 Å². The molecule has 0 radical (unpaired) electrons. The molecule has 2 N–H and O–H groups in total. The molecule has 3 aromatic rings. The number of nitrogens with one attached hydrogen (secondary N) is 2. The van der Waals surface area contributed by atoms with Gasteiger partial charge in [0.25, 0.3) is 0 Å². The predicted molar refractivity (Wildman–Crippen MR) is 157 cm³/mol. The molecule has 0 aliphatic heterocycles. The Morgan fingerprint density at radius 1 is 1.00 bits per heavy atom. The van der Waals surface area contributed by atoms with Crippen LogP contribution in [0.1, 0.15) is 71.4 Å². The minimum Gasteiger partial charge on any atom is -0.478 e. The molecule has 1 fully saturated rings. The lowest BCUT2D eigenvalue weighted by Gasteiger charge is -2.30. The minimum absolute atomic E-state index is 0.0242. The van der Waals surface area contributed by atoms with E-state index in [0.717, 1.165) is 5.56 Å². The van der Waals surface area contributed by atoms with Crippen LogP contribution in [0.4, 0.5) is 0 Å². The fraction of sp³-hybridized carbons (Fsp3) is 0.452. The average molecular weight is 582 g/mol. The summed E-state index contributed by atoms with van der Waals surface area (Å²) in [5.74, 6) is -0.303. The highest BCUT2D eigenvalue weighted by Crippen LogP contribution is 2.28. The van der Waals surface area contributed by atoms with E-state index in [2.05, 4.69) is 15.0 Å². The molecule has 0 bridgehead atoms. The largest absolute Gasteiger partial charge is 0.478 e. The van der Waals surface area contributed by atoms with Gasteiger partial charge in [0.1, 0.15) is 5.60 Å². The number of hydrogen-bond donors (Lipinski definition) is 2. The van der Waals surface area contributed by atoms with E-state index in [1.165, 1.54) is 0 Å². The number of hydrogen-bond acceptors (Lipinski definition) is 7. The molecule has 2 aromatic carbocycles. The Labute approximate surface area is 242 Å². The van der Waals surface area contributed by atoms with E-state index in [1.54, 1.807) is 30.3 Å². The highest BCUT2D eigenvalue weighted by molar-refractivity contribution is 7.89. The first-order valence-electron chi connectivity index (χ1n) is 14.1. The van der Waals surface area contributed by atoms with Crippen molar-refractivity contribution in [1.82, 2.24) is 15.0 Å². The molecule has 220 valence electrons. The van der Waals surface area contributed by atoms with E-state index in [9.17, 15) is 18.0 Å². The summed E-state index contributed by atoms with van der Waals surface area (Å²) in [5.41, 5.74) is 0.861. The SMILES string of the molecule is CCOc1ccc2cc(S(=O)(=O)NC3CCC(C(=O)NC(CC(=O)OC(C)(C)C)c4ccccc4)CC3)ccc2n1. The Balaban J connectivity index is 1.35. The van der Waals surface area contributed by atoms with Gasteiger partial charge in [-0.2, -0.15) is 0 Å². The number of amides is 1. The quantitative estimate of drug-likeness (QED) is 0.321. The molecule has 1 aliphatic rings. The standard InChI is InChI=1S/C31H39N3O6S/c1-5-39-28-18-13-23-19-25(16-17-26(23)32-28)41(37,38)34-24-14-11-22(12-15-24)30(36)33-27(21-9-7-6-8-10-21)20-29(35)40-31(2,3)4/h6-10,13,16-19,22,24,27,34H,5,11-12,14-15,20H2,1-4H3,(H,33,36). The topological polar surface area (TPSA) is 124 Å². The zero-order chi connectivity index (χ0) is 29.6. The Morgan fingerprint density at radius 3 is 2.37 bits per heavy atom. The number of benzene rings is 2. The van der Waals surface area contributed by atoms with Crippen molar-refractivity contribution in [2.45, 2.75) is 82.4 Å². The van der Waals surface area contributed by atoms with Gasteiger partial charge in [0.2, 0.25) is 21.8 Å². The van der Waals surface area contributed by atoms with E-state index in [1.807, 2.05) is 58.0 Å². The second-order valence-electron chi connectivity index (χ2n) is 11.4. The van der Waals surface area contributed by atoms with E-state index in [0.29, 0.717) is 49.1 Å². The van der Waals surface area contributed by atoms with Crippen LogP contribution in [0.15, 0.2) is 65.6 Å². The molecule has 41 heavy (non-hydrogen) atoms. The van der Waals surface area contributed by atoms with Crippen LogP contribution < -0.4 is 14.8 Å². The molecule has 10 heteroatoms. The van der Waals surface area contributed by atoms with Crippen LogP contribution in [-0.4, -0.2) is 43.5 Å². The fourth-order valence-electron chi connectivity index (χ4n) is 5.02. The van der Waals surface area contributed by atoms with Crippen molar-refractivity contribution in [3.63, 3.8) is 0 Å². The molecule has 1 unspecified atom stereocenters. The Kier molecular flexibility index (Phi) is 9.65. The van der Waals surface area contributed by atoms with Gasteiger partial charge in [-0.05, 0) is 83.2 Å². The van der Waals surface area contributed by atoms with Crippen molar-refractivity contribution < 1.29 is 27.5 Å². The van der Waals surface area contributed by atoms with Gasteiger partial charge in [-0.25, -0.2) is 18.1 Å². The first-order chi connectivity index (χ1) is 19.4. The minimum atomic E-state index is -3.75. The molecule has 1 aromatic heterocycles. The number of carbonyl (C=O) groups excluding carboxylic acids is 2. The lowest BCUT2D eigenvalue weighted by Crippen LogP contribution is -2.42. The molecule has 0 spiro atoms. The van der Waals surface area contributed by atoms with Gasteiger partial charge in [-0.1, -0.05) is 30.3 Å². The maximum Gasteiger partial charge on any atom is 0.308 e. The molecule has 1 saturated carbocycles. The first kappa shape index (κ1) is 30.5. The van der Waals surface area contributed by atoms with Crippen LogP contribution in [-0.2, 0) is 24.3 Å². The van der Waals surface area contributed by atoms with Gasteiger partial charge in [0.05, 0.1) is 29.5 Å². The molecule has 0 saturated heterocycles. The summed E-state index contributed by atoms with van der Waals surface area (Å²) in [6.45, 7) is 7.80. The number of rotatable bonds is 10. The fourth-order valence-corrected chi connectivity index (χ4v) is 6.36. The average Bonchev–Trinajstić information content (AvgIpc) is 2.92. The van der Waals surface area contributed by atoms with Crippen molar-refractivity contribution in [2.24, 2.45) is 5.92 Å². The first-order valence-corrected chi connectivity index (χ1v) is 15.5. The second kappa shape index (κ2) is 13.0. The molecular weight excluding hydrogens is 542 g/mol. The maximum absolute atomic E-state index is 13.2. The van der Waals surface area contributed by atoms with Crippen molar-refractivity contribution >= 4 is 32.8 Å². The van der Waals surface area contributed by atoms with E-state index in [-0.39, 0.29) is 35.2 Å². The lowest BCUT2D eigenvalue weighted by molar-refractivity contribution is -0.155. The molecular formula is C31H39N3O6S. The molecule has 1 amide bonds. The van der Waals surface area contributed by atoms with Crippen molar-refractivity contribution in [2.75, 3.05) is 6.61 Å². The highest BCUT2D eigenvalue weighted by Gasteiger charge is 2.31. The van der Waals surface area contributed by atoms with Crippen LogP contribution in [0.5, 0.6) is 5.88 Å². The van der Waals surface area contributed by atoms with Gasteiger partial charge in [0, 0.05) is 23.4 Å². The van der Waals surface area contributed by atoms with E-state index < -0.39 is 21.7 Å². The number of aromatic nitrogens is 1. The van der Waals surface area contributed by atoms with E-state index in [4.69, 9.17) is 9.47 Å². The third-order valence-corrected chi connectivity index (χ3v) is 8.48. The smallest absolute Gasteiger partial charge is 0.308 e. The molecule has 4 rings (SSSR count). The monoisotopic (exact) mass is 581 g/mol. The van der Waals surface area contributed by atoms with Gasteiger partial charge >= 0.3 is 5.97 Å². The molecule has 1 heterocycles. The number of fused-ring (bicyclic) bond motifs is 1. The number of carbonyl (C=O) groups is 2. The Bertz CT molecular complexity index is 1460. The Morgan fingerprint density at radius 2 is 1.71 bits per heavy atom. The number of esters is 1. The second-order valence-corrected chi connectivity index (χ2v) is 13.1. The van der Waals surface area contributed by atoms with Gasteiger partial charge in [0.15, 0.2) is 0 Å². The number of ether oxygens (including phenoxy) is 2. The molecule has 9 nitrogen and oxygen atoms in total. The number of sulfonamides is 1. The van der Waals surface area contributed by atoms with Crippen molar-refractivity contribution in [3.05, 3.63) is 66.2 Å².